The van der Waals surface area contributed by atoms with Gasteiger partial charge in [0.05, 0.1) is 24.2 Å². The maximum atomic E-state index is 12.5. The molecule has 11 heteroatoms. The molecule has 0 aliphatic carbocycles. The summed E-state index contributed by atoms with van der Waals surface area (Å²) in [5, 5.41) is 20.3. The zero-order valence-electron chi connectivity index (χ0n) is 23.1. The van der Waals surface area contributed by atoms with E-state index >= 15 is 0 Å². The number of aromatic hydroxyl groups is 1. The first-order valence-corrected chi connectivity index (χ1v) is 14.1. The molecule has 0 saturated carbocycles. The number of rotatable bonds is 8. The van der Waals surface area contributed by atoms with Crippen LogP contribution in [0, 0.1) is 18.3 Å². The van der Waals surface area contributed by atoms with Gasteiger partial charge in [-0.2, -0.15) is 15.2 Å². The molecule has 0 spiro atoms. The number of phenolic OH excluding ortho intramolecular Hbond substituents is 1. The third-order valence-corrected chi connectivity index (χ3v) is 8.70. The number of nitrogens with zero attached hydrogens (tertiary/aromatic N) is 7. The molecule has 1 amide bonds. The highest BCUT2D eigenvalue weighted by atomic mass is 35.5. The third-order valence-electron chi connectivity index (χ3n) is 8.34. The first-order valence-electron chi connectivity index (χ1n) is 13.8. The average molecular weight is 566 g/mol. The number of phenols is 1. The van der Waals surface area contributed by atoms with Crippen LogP contribution in [0.3, 0.4) is 0 Å². The van der Waals surface area contributed by atoms with E-state index in [-0.39, 0.29) is 24.1 Å². The number of hydrogen-bond donors (Lipinski definition) is 1. The molecule has 10 nitrogen and oxygen atoms in total. The molecule has 4 heterocycles. The highest BCUT2D eigenvalue weighted by molar-refractivity contribution is 6.31. The summed E-state index contributed by atoms with van der Waals surface area (Å²) in [4.78, 5) is 30.6. The van der Waals surface area contributed by atoms with Crippen molar-refractivity contribution in [2.24, 2.45) is 0 Å². The van der Waals surface area contributed by atoms with Gasteiger partial charge in [-0.15, -0.1) is 0 Å². The van der Waals surface area contributed by atoms with Crippen LogP contribution >= 0.6 is 11.6 Å². The fourth-order valence-electron chi connectivity index (χ4n) is 5.94. The molecule has 0 unspecified atom stereocenters. The van der Waals surface area contributed by atoms with Gasteiger partial charge in [-0.1, -0.05) is 18.2 Å². The number of piperazine rings is 1. The Morgan fingerprint density at radius 2 is 2.10 bits per heavy atom. The number of fused-ring (bicyclic) bond motifs is 1. The van der Waals surface area contributed by atoms with E-state index in [1.54, 1.807) is 17.0 Å². The number of carbonyl (C=O) groups excluding carboxylic acids is 1. The SMILES string of the molecule is C=CC(=O)N1CCN(c2nc(OC[C@@H]3CCCN3C)nc3c2CN(Cc2c(Cl)ccc(O)c2C)C3)C[C@@H]1CC#N. The van der Waals surface area contributed by atoms with Crippen LogP contribution in [-0.4, -0.2) is 87.6 Å². The number of carbonyl (C=O) groups is 1. The van der Waals surface area contributed by atoms with Crippen LogP contribution in [0.5, 0.6) is 11.8 Å². The fraction of sp³-hybridized carbons (Fsp3) is 0.517. The summed E-state index contributed by atoms with van der Waals surface area (Å²) in [6.07, 6.45) is 3.77. The topological polar surface area (TPSA) is 109 Å². The zero-order chi connectivity index (χ0) is 28.4. The Balaban J connectivity index is 1.43. The van der Waals surface area contributed by atoms with E-state index in [4.69, 9.17) is 26.3 Å². The molecular weight excluding hydrogens is 530 g/mol. The number of aromatic nitrogens is 2. The Labute approximate surface area is 240 Å². The van der Waals surface area contributed by atoms with E-state index in [9.17, 15) is 15.2 Å². The van der Waals surface area contributed by atoms with Gasteiger partial charge in [0.2, 0.25) is 5.91 Å². The van der Waals surface area contributed by atoms with Gasteiger partial charge >= 0.3 is 6.01 Å². The smallest absolute Gasteiger partial charge is 0.318 e. The van der Waals surface area contributed by atoms with Crippen LogP contribution in [0.25, 0.3) is 0 Å². The van der Waals surface area contributed by atoms with Crippen molar-refractivity contribution in [2.45, 2.75) is 57.9 Å². The van der Waals surface area contributed by atoms with E-state index in [1.807, 2.05) is 6.92 Å². The Hall–Kier alpha value is -3.39. The van der Waals surface area contributed by atoms with Gasteiger partial charge < -0.3 is 24.5 Å². The van der Waals surface area contributed by atoms with Crippen molar-refractivity contribution in [1.82, 2.24) is 24.7 Å². The monoisotopic (exact) mass is 565 g/mol. The first-order chi connectivity index (χ1) is 19.3. The Morgan fingerprint density at radius 1 is 1.27 bits per heavy atom. The fourth-order valence-corrected chi connectivity index (χ4v) is 6.21. The van der Waals surface area contributed by atoms with E-state index in [2.05, 4.69) is 34.4 Å². The Bertz CT molecular complexity index is 1330. The second-order valence-corrected chi connectivity index (χ2v) is 11.3. The number of hydrogen-bond acceptors (Lipinski definition) is 9. The van der Waals surface area contributed by atoms with Crippen LogP contribution < -0.4 is 9.64 Å². The number of amides is 1. The predicted octanol–water partition coefficient (Wildman–Crippen LogP) is 3.25. The minimum atomic E-state index is -0.266. The third kappa shape index (κ3) is 5.73. The van der Waals surface area contributed by atoms with Gasteiger partial charge in [0, 0.05) is 55.9 Å². The highest BCUT2D eigenvalue weighted by Crippen LogP contribution is 2.36. The highest BCUT2D eigenvalue weighted by Gasteiger charge is 2.34. The Kier molecular flexibility index (Phi) is 8.45. The van der Waals surface area contributed by atoms with Crippen LogP contribution in [0.4, 0.5) is 5.82 Å². The summed E-state index contributed by atoms with van der Waals surface area (Å²) in [6.45, 7) is 10.4. The maximum absolute atomic E-state index is 12.5. The summed E-state index contributed by atoms with van der Waals surface area (Å²) in [6, 6.07) is 5.98. The second-order valence-electron chi connectivity index (χ2n) is 10.9. The minimum absolute atomic E-state index is 0.165. The zero-order valence-corrected chi connectivity index (χ0v) is 23.9. The molecule has 2 aromatic rings. The minimum Gasteiger partial charge on any atom is -0.508 e. The van der Waals surface area contributed by atoms with Crippen molar-refractivity contribution < 1.29 is 14.6 Å². The molecule has 1 aromatic heterocycles. The van der Waals surface area contributed by atoms with Gasteiger partial charge in [-0.3, -0.25) is 9.69 Å². The number of benzene rings is 1. The number of ether oxygens (including phenoxy) is 1. The normalized spacial score (nSPS) is 21.4. The molecule has 212 valence electrons. The molecule has 0 bridgehead atoms. The molecule has 40 heavy (non-hydrogen) atoms. The molecule has 1 N–H and O–H groups in total. The van der Waals surface area contributed by atoms with Crippen LogP contribution in [0.15, 0.2) is 24.8 Å². The van der Waals surface area contributed by atoms with Crippen molar-refractivity contribution in [3.8, 4) is 17.8 Å². The first kappa shape index (κ1) is 28.1. The standard InChI is InChI=1S/C29H36ClN7O3/c1-4-27(39)37-13-12-36(14-20(37)9-10-31)28-23-16-35(15-22-19(2)26(38)8-7-24(22)30)17-25(23)32-29(33-28)40-18-21-6-5-11-34(21)3/h4,7-8,20-21,38H,1,5-6,9,11-18H2,2-3H3/t20-,21-/m0/s1. The van der Waals surface area contributed by atoms with E-state index in [0.717, 1.165) is 47.6 Å². The molecule has 2 atom stereocenters. The summed E-state index contributed by atoms with van der Waals surface area (Å²) in [5.74, 6) is 0.844. The number of likely N-dealkylation sites (N-methyl/N-ethyl adjacent to an activating group) is 1. The molecule has 3 aliphatic heterocycles. The van der Waals surface area contributed by atoms with Crippen molar-refractivity contribution in [3.63, 3.8) is 0 Å². The molecular formula is C29H36ClN7O3. The summed E-state index contributed by atoms with van der Waals surface area (Å²) < 4.78 is 6.18. The number of nitriles is 1. The number of anilines is 1. The lowest BCUT2D eigenvalue weighted by Gasteiger charge is -2.41. The quantitative estimate of drug-likeness (QED) is 0.482. The van der Waals surface area contributed by atoms with Crippen molar-refractivity contribution in [3.05, 3.63) is 52.2 Å². The van der Waals surface area contributed by atoms with E-state index in [0.29, 0.717) is 63.0 Å². The Morgan fingerprint density at radius 3 is 2.83 bits per heavy atom. The molecule has 2 fully saturated rings. The van der Waals surface area contributed by atoms with Gasteiger partial charge in [0.25, 0.3) is 0 Å². The lowest BCUT2D eigenvalue weighted by molar-refractivity contribution is -0.128. The summed E-state index contributed by atoms with van der Waals surface area (Å²) in [7, 11) is 2.11. The number of halogens is 1. The summed E-state index contributed by atoms with van der Waals surface area (Å²) >= 11 is 6.52. The predicted molar refractivity (Wildman–Crippen MR) is 152 cm³/mol. The van der Waals surface area contributed by atoms with Crippen molar-refractivity contribution >= 4 is 23.3 Å². The van der Waals surface area contributed by atoms with Gasteiger partial charge in [0.1, 0.15) is 18.2 Å². The van der Waals surface area contributed by atoms with Crippen LogP contribution in [0.2, 0.25) is 5.02 Å². The van der Waals surface area contributed by atoms with E-state index < -0.39 is 0 Å². The van der Waals surface area contributed by atoms with Gasteiger partial charge in [-0.05, 0) is 62.7 Å². The van der Waals surface area contributed by atoms with E-state index in [1.165, 1.54) is 6.08 Å². The van der Waals surface area contributed by atoms with Crippen LogP contribution in [0.1, 0.15) is 41.6 Å². The maximum Gasteiger partial charge on any atom is 0.318 e. The molecule has 0 radical (unpaired) electrons. The van der Waals surface area contributed by atoms with Gasteiger partial charge in [-0.25, -0.2) is 0 Å². The molecule has 2 saturated heterocycles. The van der Waals surface area contributed by atoms with Crippen LogP contribution in [-0.2, 0) is 24.4 Å². The second kappa shape index (κ2) is 12.0. The lowest BCUT2D eigenvalue weighted by Crippen LogP contribution is -2.55. The van der Waals surface area contributed by atoms with Crippen molar-refractivity contribution in [2.75, 3.05) is 44.7 Å². The molecule has 5 rings (SSSR count). The average Bonchev–Trinajstić information content (AvgIpc) is 3.56. The molecule has 1 aromatic carbocycles. The van der Waals surface area contributed by atoms with Crippen molar-refractivity contribution in [1.29, 1.82) is 5.26 Å². The van der Waals surface area contributed by atoms with Gasteiger partial charge in [0.15, 0.2) is 0 Å². The summed E-state index contributed by atoms with van der Waals surface area (Å²) in [5.41, 5.74) is 3.56. The largest absolute Gasteiger partial charge is 0.508 e. The lowest BCUT2D eigenvalue weighted by atomic mass is 10.1. The number of likely N-dealkylation sites (tertiary alicyclic amines) is 1. The molecule has 3 aliphatic rings.